The van der Waals surface area contributed by atoms with Crippen LogP contribution in [0.5, 0.6) is 0 Å². The molecule has 0 aliphatic carbocycles. The van der Waals surface area contributed by atoms with Gasteiger partial charge in [-0.05, 0) is 51.3 Å². The Morgan fingerprint density at radius 2 is 1.94 bits per heavy atom. The predicted octanol–water partition coefficient (Wildman–Crippen LogP) is 5.48. The lowest BCUT2D eigenvalue weighted by molar-refractivity contribution is -0.121. The smallest absolute Gasteiger partial charge is 0.222 e. The lowest BCUT2D eigenvalue weighted by atomic mass is 9.99. The molecule has 9 heteroatoms. The van der Waals surface area contributed by atoms with Crippen molar-refractivity contribution in [3.63, 3.8) is 0 Å². The van der Waals surface area contributed by atoms with Gasteiger partial charge in [0.05, 0.1) is 12.1 Å². The van der Waals surface area contributed by atoms with Gasteiger partial charge in [0.25, 0.3) is 0 Å². The molecule has 6 nitrogen and oxygen atoms in total. The fraction of sp³-hybridized carbons (Fsp3) is 0.391. The summed E-state index contributed by atoms with van der Waals surface area (Å²) in [5.74, 6) is 1.46. The van der Waals surface area contributed by atoms with Gasteiger partial charge in [0.1, 0.15) is 16.9 Å². The summed E-state index contributed by atoms with van der Waals surface area (Å²) in [5, 5.41) is 14.4. The zero-order chi connectivity index (χ0) is 22.8. The molecule has 0 saturated carbocycles. The molecule has 3 heterocycles. The van der Waals surface area contributed by atoms with E-state index in [1.807, 2.05) is 31.2 Å². The van der Waals surface area contributed by atoms with Crippen LogP contribution in [0.4, 0.5) is 0 Å². The third-order valence-electron chi connectivity index (χ3n) is 5.62. The van der Waals surface area contributed by atoms with E-state index in [0.29, 0.717) is 17.4 Å². The van der Waals surface area contributed by atoms with Gasteiger partial charge in [-0.1, -0.05) is 39.7 Å². The average molecular weight is 535 g/mol. The first-order chi connectivity index (χ1) is 15.4. The van der Waals surface area contributed by atoms with Gasteiger partial charge in [0.2, 0.25) is 5.91 Å². The number of halogens is 2. The Morgan fingerprint density at radius 3 is 2.66 bits per heavy atom. The normalized spacial score (nSPS) is 15.0. The molecule has 0 unspecified atom stereocenters. The molecule has 168 valence electrons. The van der Waals surface area contributed by atoms with Gasteiger partial charge in [-0.25, -0.2) is 0 Å². The van der Waals surface area contributed by atoms with Gasteiger partial charge in [-0.15, -0.1) is 21.5 Å². The van der Waals surface area contributed by atoms with E-state index in [0.717, 1.165) is 45.8 Å². The van der Waals surface area contributed by atoms with E-state index in [-0.39, 0.29) is 12.3 Å². The number of nitrogens with zero attached hydrogens (tertiary/aromatic N) is 4. The van der Waals surface area contributed by atoms with Gasteiger partial charge < -0.3 is 5.32 Å². The highest BCUT2D eigenvalue weighted by Crippen LogP contribution is 2.39. The van der Waals surface area contributed by atoms with E-state index in [4.69, 9.17) is 16.6 Å². The topological polar surface area (TPSA) is 72.2 Å². The summed E-state index contributed by atoms with van der Waals surface area (Å²) in [6.07, 6.45) is 2.18. The number of fused-ring (bicyclic) bond motifs is 3. The van der Waals surface area contributed by atoms with Crippen LogP contribution in [0.25, 0.3) is 5.00 Å². The number of aromatic nitrogens is 3. The van der Waals surface area contributed by atoms with E-state index >= 15 is 0 Å². The van der Waals surface area contributed by atoms with Crippen molar-refractivity contribution >= 4 is 50.5 Å². The fourth-order valence-corrected chi connectivity index (χ4v) is 5.56. The molecule has 1 aliphatic rings. The third-order valence-corrected chi connectivity index (χ3v) is 7.62. The van der Waals surface area contributed by atoms with Gasteiger partial charge in [-0.3, -0.25) is 14.4 Å². The number of carbonyl (C=O) groups is 1. The Bertz CT molecular complexity index is 1170. The number of aliphatic imine (C=N–C) groups is 1. The minimum atomic E-state index is -0.433. The Balaban J connectivity index is 1.79. The first-order valence-corrected chi connectivity index (χ1v) is 12.9. The Hall–Kier alpha value is -2.03. The van der Waals surface area contributed by atoms with Gasteiger partial charge in [0.15, 0.2) is 5.82 Å². The highest BCUT2D eigenvalue weighted by atomic mass is 79.9. The van der Waals surface area contributed by atoms with E-state index in [1.54, 1.807) is 11.3 Å². The molecule has 4 rings (SSSR count). The molecule has 0 spiro atoms. The maximum Gasteiger partial charge on any atom is 0.222 e. The fourth-order valence-electron chi connectivity index (χ4n) is 3.83. The molecule has 1 aliphatic heterocycles. The lowest BCUT2D eigenvalue weighted by Gasteiger charge is -2.13. The van der Waals surface area contributed by atoms with Crippen LogP contribution in [0.2, 0.25) is 5.02 Å². The maximum absolute atomic E-state index is 12.8. The van der Waals surface area contributed by atoms with Crippen molar-refractivity contribution in [3.05, 3.63) is 62.5 Å². The highest BCUT2D eigenvalue weighted by Gasteiger charge is 2.32. The summed E-state index contributed by atoms with van der Waals surface area (Å²) in [4.78, 5) is 19.1. The minimum Gasteiger partial charge on any atom is -0.356 e. The van der Waals surface area contributed by atoms with Crippen LogP contribution in [0, 0.1) is 20.8 Å². The molecular formula is C23H25BrClN5OS. The summed E-state index contributed by atoms with van der Waals surface area (Å²) in [7, 11) is 0. The number of unbranched alkanes of at least 4 members (excludes halogenated alkanes) is 1. The molecule has 0 bridgehead atoms. The monoisotopic (exact) mass is 533 g/mol. The second kappa shape index (κ2) is 9.85. The zero-order valence-electron chi connectivity index (χ0n) is 18.3. The maximum atomic E-state index is 12.8. The Labute approximate surface area is 205 Å². The van der Waals surface area contributed by atoms with Crippen LogP contribution >= 0.6 is 38.9 Å². The van der Waals surface area contributed by atoms with Crippen LogP contribution < -0.4 is 5.32 Å². The first-order valence-electron chi connectivity index (χ1n) is 10.6. The van der Waals surface area contributed by atoms with Gasteiger partial charge in [0, 0.05) is 32.9 Å². The average Bonchev–Trinajstić information content (AvgIpc) is 3.24. The van der Waals surface area contributed by atoms with E-state index in [9.17, 15) is 4.79 Å². The minimum absolute atomic E-state index is 0.0332. The predicted molar refractivity (Wildman–Crippen MR) is 134 cm³/mol. The molecule has 0 fully saturated rings. The van der Waals surface area contributed by atoms with Gasteiger partial charge >= 0.3 is 0 Å². The van der Waals surface area contributed by atoms with Crippen LogP contribution in [0.15, 0.2) is 29.3 Å². The van der Waals surface area contributed by atoms with Crippen LogP contribution in [-0.2, 0) is 4.79 Å². The molecule has 0 radical (unpaired) electrons. The van der Waals surface area contributed by atoms with E-state index in [2.05, 4.69) is 49.9 Å². The highest BCUT2D eigenvalue weighted by molar-refractivity contribution is 9.09. The summed E-state index contributed by atoms with van der Waals surface area (Å²) in [6, 6.07) is 7.27. The quantitative estimate of drug-likeness (QED) is 0.322. The molecule has 1 atom stereocenters. The molecular weight excluding hydrogens is 510 g/mol. The second-order valence-electron chi connectivity index (χ2n) is 7.85. The first kappa shape index (κ1) is 23.1. The largest absolute Gasteiger partial charge is 0.356 e. The number of hydrogen-bond acceptors (Lipinski definition) is 5. The molecule has 1 aromatic carbocycles. The summed E-state index contributed by atoms with van der Waals surface area (Å²) in [5.41, 5.74) is 4.08. The number of aryl methyl sites for hydroxylation is 2. The number of hydrogen-bond donors (Lipinski definition) is 1. The van der Waals surface area contributed by atoms with Crippen molar-refractivity contribution in [1.29, 1.82) is 0 Å². The SMILES string of the molecule is Cc1sc2c(c1C)C(c1ccc(Cl)cc1)=N[C@@H](CC(=O)NCCCCBr)c1nnc(C)n1-2. The number of benzene rings is 1. The number of rotatable bonds is 7. The van der Waals surface area contributed by atoms with Gasteiger partial charge in [-0.2, -0.15) is 0 Å². The summed E-state index contributed by atoms with van der Waals surface area (Å²) < 4.78 is 2.06. The van der Waals surface area contributed by atoms with E-state index in [1.165, 1.54) is 10.4 Å². The molecule has 1 amide bonds. The van der Waals surface area contributed by atoms with Crippen molar-refractivity contribution in [3.8, 4) is 5.00 Å². The van der Waals surface area contributed by atoms with Crippen molar-refractivity contribution in [2.45, 2.75) is 46.1 Å². The van der Waals surface area contributed by atoms with Crippen LogP contribution in [0.3, 0.4) is 0 Å². The second-order valence-corrected chi connectivity index (χ2v) is 10.3. The van der Waals surface area contributed by atoms with Crippen molar-refractivity contribution < 1.29 is 4.79 Å². The third kappa shape index (κ3) is 4.54. The van der Waals surface area contributed by atoms with Crippen molar-refractivity contribution in [2.24, 2.45) is 4.99 Å². The van der Waals surface area contributed by atoms with Crippen molar-refractivity contribution in [2.75, 3.05) is 11.9 Å². The summed E-state index contributed by atoms with van der Waals surface area (Å²) >= 11 is 11.3. The van der Waals surface area contributed by atoms with Crippen molar-refractivity contribution in [1.82, 2.24) is 20.1 Å². The number of nitrogens with one attached hydrogen (secondary N) is 1. The number of thiophene rings is 1. The molecule has 32 heavy (non-hydrogen) atoms. The van der Waals surface area contributed by atoms with Crippen LogP contribution in [-0.4, -0.2) is 38.3 Å². The number of carbonyl (C=O) groups excluding carboxylic acids is 1. The Morgan fingerprint density at radius 1 is 1.19 bits per heavy atom. The summed E-state index contributed by atoms with van der Waals surface area (Å²) in [6.45, 7) is 6.83. The molecule has 3 aromatic rings. The molecule has 2 aromatic heterocycles. The molecule has 0 saturated heterocycles. The number of alkyl halides is 1. The number of amides is 1. The zero-order valence-corrected chi connectivity index (χ0v) is 21.4. The standard InChI is InChI=1S/C23H25BrClN5OS/c1-13-14(2)32-23-20(13)21(16-6-8-17(25)9-7-16)27-18(22-29-28-15(3)30(22)23)12-19(31)26-11-5-4-10-24/h6-9,18H,4-5,10-12H2,1-3H3,(H,26,31)/t18-/m0/s1. The molecule has 1 N–H and O–H groups in total. The van der Waals surface area contributed by atoms with Crippen LogP contribution in [0.1, 0.15) is 58.5 Å². The van der Waals surface area contributed by atoms with E-state index < -0.39 is 6.04 Å². The lowest BCUT2D eigenvalue weighted by Crippen LogP contribution is -2.26. The Kier molecular flexibility index (Phi) is 7.12.